The fourth-order valence-corrected chi connectivity index (χ4v) is 3.24. The Hall–Kier alpha value is -3.15. The monoisotopic (exact) mass is 393 g/mol. The lowest BCUT2D eigenvalue weighted by Gasteiger charge is -2.22. The molecule has 3 rings (SSSR count). The average Bonchev–Trinajstić information content (AvgIpc) is 2.70. The van der Waals surface area contributed by atoms with E-state index in [0.29, 0.717) is 23.9 Å². The topological polar surface area (TPSA) is 53.1 Å². The van der Waals surface area contributed by atoms with Crippen molar-refractivity contribution in [2.45, 2.75) is 34.2 Å². The van der Waals surface area contributed by atoms with Crippen molar-refractivity contribution in [2.75, 3.05) is 28.6 Å². The summed E-state index contributed by atoms with van der Waals surface area (Å²) in [5.74, 6) is 0.926. The van der Waals surface area contributed by atoms with Crippen molar-refractivity contribution in [2.24, 2.45) is 0 Å². The molecule has 1 aromatic heterocycles. The molecule has 0 saturated heterocycles. The molecular formula is C23H28FN5. The van der Waals surface area contributed by atoms with Crippen LogP contribution in [0.3, 0.4) is 0 Å². The Kier molecular flexibility index (Phi) is 6.65. The van der Waals surface area contributed by atoms with Crippen LogP contribution in [0, 0.1) is 19.7 Å². The standard InChI is InChI=1S/C23H28FN5/c1-5-29(6-2)19-11-12-21(16(3)13-19)27-22-14-17(4)26-23(28-22)25-15-18-9-7-8-10-20(18)24/h7-14H,5-6,15H2,1-4H3,(H2,25,26,27,28). The number of hydrogen-bond acceptors (Lipinski definition) is 5. The van der Waals surface area contributed by atoms with Crippen molar-refractivity contribution in [3.05, 3.63) is 71.2 Å². The zero-order valence-corrected chi connectivity index (χ0v) is 17.5. The molecule has 2 aromatic carbocycles. The number of anilines is 4. The van der Waals surface area contributed by atoms with E-state index in [0.717, 1.165) is 30.0 Å². The van der Waals surface area contributed by atoms with Gasteiger partial charge in [0.2, 0.25) is 5.95 Å². The van der Waals surface area contributed by atoms with Gasteiger partial charge in [-0.05, 0) is 57.5 Å². The van der Waals surface area contributed by atoms with Crippen LogP contribution in [-0.2, 0) is 6.54 Å². The zero-order chi connectivity index (χ0) is 20.8. The van der Waals surface area contributed by atoms with Crippen LogP contribution in [0.1, 0.15) is 30.7 Å². The lowest BCUT2D eigenvalue weighted by Crippen LogP contribution is -2.21. The number of aryl methyl sites for hydroxylation is 2. The first-order valence-corrected chi connectivity index (χ1v) is 9.95. The van der Waals surface area contributed by atoms with Crippen LogP contribution in [0.4, 0.5) is 27.5 Å². The highest BCUT2D eigenvalue weighted by molar-refractivity contribution is 5.65. The summed E-state index contributed by atoms with van der Waals surface area (Å²) >= 11 is 0. The molecule has 5 nitrogen and oxygen atoms in total. The molecule has 0 radical (unpaired) electrons. The second-order valence-electron chi connectivity index (χ2n) is 6.96. The minimum Gasteiger partial charge on any atom is -0.372 e. The van der Waals surface area contributed by atoms with Gasteiger partial charge in [-0.1, -0.05) is 18.2 Å². The minimum atomic E-state index is -0.241. The summed E-state index contributed by atoms with van der Waals surface area (Å²) in [5.41, 5.74) is 4.76. The van der Waals surface area contributed by atoms with E-state index >= 15 is 0 Å². The molecule has 3 aromatic rings. The highest BCUT2D eigenvalue weighted by Gasteiger charge is 2.08. The molecule has 0 spiro atoms. The number of nitrogens with one attached hydrogen (secondary N) is 2. The van der Waals surface area contributed by atoms with Crippen LogP contribution in [0.2, 0.25) is 0 Å². The molecule has 1 heterocycles. The SMILES string of the molecule is CCN(CC)c1ccc(Nc2cc(C)nc(NCc3ccccc3F)n2)c(C)c1. The molecule has 0 bridgehead atoms. The molecule has 0 fully saturated rings. The second-order valence-corrected chi connectivity index (χ2v) is 6.96. The summed E-state index contributed by atoms with van der Waals surface area (Å²) in [6.07, 6.45) is 0. The van der Waals surface area contributed by atoms with Crippen LogP contribution in [0.15, 0.2) is 48.5 Å². The van der Waals surface area contributed by atoms with E-state index in [1.54, 1.807) is 12.1 Å². The van der Waals surface area contributed by atoms with Gasteiger partial charge in [-0.2, -0.15) is 4.98 Å². The first kappa shape index (κ1) is 20.6. The van der Waals surface area contributed by atoms with Gasteiger partial charge in [-0.3, -0.25) is 0 Å². The number of benzene rings is 2. The van der Waals surface area contributed by atoms with Gasteiger partial charge in [0.05, 0.1) is 0 Å². The van der Waals surface area contributed by atoms with Crippen molar-refractivity contribution < 1.29 is 4.39 Å². The van der Waals surface area contributed by atoms with Crippen LogP contribution in [0.25, 0.3) is 0 Å². The minimum absolute atomic E-state index is 0.241. The van der Waals surface area contributed by atoms with Gasteiger partial charge >= 0.3 is 0 Å². The third-order valence-corrected chi connectivity index (χ3v) is 4.85. The predicted molar refractivity (Wildman–Crippen MR) is 119 cm³/mol. The molecule has 0 atom stereocenters. The first-order chi connectivity index (χ1) is 14.0. The summed E-state index contributed by atoms with van der Waals surface area (Å²) in [6, 6.07) is 15.0. The second kappa shape index (κ2) is 9.37. The van der Waals surface area contributed by atoms with E-state index in [1.807, 2.05) is 19.1 Å². The van der Waals surface area contributed by atoms with E-state index in [-0.39, 0.29) is 5.82 Å². The first-order valence-electron chi connectivity index (χ1n) is 9.95. The van der Waals surface area contributed by atoms with Crippen molar-refractivity contribution in [1.29, 1.82) is 0 Å². The van der Waals surface area contributed by atoms with Gasteiger partial charge in [-0.25, -0.2) is 9.37 Å². The predicted octanol–water partition coefficient (Wildman–Crippen LogP) is 5.43. The van der Waals surface area contributed by atoms with E-state index in [2.05, 4.69) is 64.5 Å². The molecule has 2 N–H and O–H groups in total. The van der Waals surface area contributed by atoms with Gasteiger partial charge in [0.25, 0.3) is 0 Å². The largest absolute Gasteiger partial charge is 0.372 e. The maximum atomic E-state index is 13.8. The Morgan fingerprint density at radius 3 is 2.41 bits per heavy atom. The van der Waals surface area contributed by atoms with E-state index in [9.17, 15) is 4.39 Å². The molecule has 0 amide bonds. The van der Waals surface area contributed by atoms with Crippen molar-refractivity contribution >= 4 is 23.1 Å². The van der Waals surface area contributed by atoms with Gasteiger partial charge in [0.15, 0.2) is 0 Å². The number of hydrogen-bond donors (Lipinski definition) is 2. The van der Waals surface area contributed by atoms with Gasteiger partial charge in [0.1, 0.15) is 11.6 Å². The Morgan fingerprint density at radius 2 is 1.72 bits per heavy atom. The van der Waals surface area contributed by atoms with E-state index < -0.39 is 0 Å². The average molecular weight is 394 g/mol. The molecule has 6 heteroatoms. The summed E-state index contributed by atoms with van der Waals surface area (Å²) in [5, 5.41) is 6.50. The summed E-state index contributed by atoms with van der Waals surface area (Å²) < 4.78 is 13.8. The molecular weight excluding hydrogens is 365 g/mol. The smallest absolute Gasteiger partial charge is 0.225 e. The Bertz CT molecular complexity index is 969. The maximum absolute atomic E-state index is 13.8. The van der Waals surface area contributed by atoms with Crippen LogP contribution in [-0.4, -0.2) is 23.1 Å². The zero-order valence-electron chi connectivity index (χ0n) is 17.5. The fraction of sp³-hybridized carbons (Fsp3) is 0.304. The highest BCUT2D eigenvalue weighted by atomic mass is 19.1. The quantitative estimate of drug-likeness (QED) is 0.534. The highest BCUT2D eigenvalue weighted by Crippen LogP contribution is 2.25. The molecule has 0 aliphatic rings. The molecule has 152 valence electrons. The van der Waals surface area contributed by atoms with Crippen molar-refractivity contribution in [1.82, 2.24) is 9.97 Å². The third-order valence-electron chi connectivity index (χ3n) is 4.85. The van der Waals surface area contributed by atoms with Crippen LogP contribution >= 0.6 is 0 Å². The number of aromatic nitrogens is 2. The fourth-order valence-electron chi connectivity index (χ4n) is 3.24. The molecule has 0 aliphatic heterocycles. The molecule has 29 heavy (non-hydrogen) atoms. The number of nitrogens with zero attached hydrogens (tertiary/aromatic N) is 3. The molecule has 0 aliphatic carbocycles. The van der Waals surface area contributed by atoms with Gasteiger partial charge in [-0.15, -0.1) is 0 Å². The third kappa shape index (κ3) is 5.22. The molecule has 0 saturated carbocycles. The van der Waals surface area contributed by atoms with Crippen LogP contribution in [0.5, 0.6) is 0 Å². The van der Waals surface area contributed by atoms with E-state index in [1.165, 1.54) is 11.8 Å². The van der Waals surface area contributed by atoms with E-state index in [4.69, 9.17) is 0 Å². The molecule has 0 unspecified atom stereocenters. The number of halogens is 1. The Morgan fingerprint density at radius 1 is 0.966 bits per heavy atom. The maximum Gasteiger partial charge on any atom is 0.225 e. The summed E-state index contributed by atoms with van der Waals surface area (Å²) in [7, 11) is 0. The van der Waals surface area contributed by atoms with Gasteiger partial charge < -0.3 is 15.5 Å². The Labute approximate surface area is 172 Å². The lowest BCUT2D eigenvalue weighted by molar-refractivity contribution is 0.612. The van der Waals surface area contributed by atoms with Crippen LogP contribution < -0.4 is 15.5 Å². The summed E-state index contributed by atoms with van der Waals surface area (Å²) in [6.45, 7) is 10.6. The Balaban J connectivity index is 1.75. The van der Waals surface area contributed by atoms with Crippen molar-refractivity contribution in [3.8, 4) is 0 Å². The normalized spacial score (nSPS) is 10.7. The summed E-state index contributed by atoms with van der Waals surface area (Å²) in [4.78, 5) is 11.3. The van der Waals surface area contributed by atoms with Crippen molar-refractivity contribution in [3.63, 3.8) is 0 Å². The lowest BCUT2D eigenvalue weighted by atomic mass is 10.1. The van der Waals surface area contributed by atoms with Gasteiger partial charge in [0, 0.05) is 48.3 Å². The number of rotatable bonds is 8.